The number of nitrogens with zero attached hydrogens (tertiary/aromatic N) is 4. The Hall–Kier alpha value is -3.25. The SMILES string of the molecule is C[C@@]1(C(=O)CCc2cc(-c3ccc(C(F)(F)F)nc3)ncn2)CCCN1S(=O)(=O)c1ccc(F)cc1. The van der Waals surface area contributed by atoms with Crippen molar-refractivity contribution in [3.8, 4) is 11.3 Å². The van der Waals surface area contributed by atoms with E-state index in [4.69, 9.17) is 0 Å². The number of benzene rings is 1. The first kappa shape index (κ1) is 25.8. The molecule has 1 saturated heterocycles. The molecule has 0 aliphatic carbocycles. The number of rotatable bonds is 7. The molecule has 1 atom stereocenters. The molecule has 0 unspecified atom stereocenters. The first-order valence-electron chi connectivity index (χ1n) is 11.1. The van der Waals surface area contributed by atoms with Crippen LogP contribution in [0.5, 0.6) is 0 Å². The van der Waals surface area contributed by atoms with E-state index in [1.807, 2.05) is 0 Å². The number of hydrogen-bond donors (Lipinski definition) is 0. The molecule has 0 saturated carbocycles. The Kier molecular flexibility index (Phi) is 6.93. The number of carbonyl (C=O) groups is 1. The van der Waals surface area contributed by atoms with Crippen molar-refractivity contribution in [2.75, 3.05) is 6.54 Å². The second-order valence-corrected chi connectivity index (χ2v) is 10.5. The molecule has 1 aromatic carbocycles. The first-order chi connectivity index (χ1) is 16.9. The number of ketones is 1. The lowest BCUT2D eigenvalue weighted by Gasteiger charge is -2.33. The van der Waals surface area contributed by atoms with Crippen molar-refractivity contribution in [1.82, 2.24) is 19.3 Å². The van der Waals surface area contributed by atoms with Gasteiger partial charge in [-0.1, -0.05) is 0 Å². The van der Waals surface area contributed by atoms with E-state index in [9.17, 15) is 30.8 Å². The van der Waals surface area contributed by atoms with Crippen molar-refractivity contribution < 1.29 is 30.8 Å². The molecule has 0 bridgehead atoms. The molecule has 3 aromatic rings. The monoisotopic (exact) mass is 522 g/mol. The maximum atomic E-state index is 13.3. The van der Waals surface area contributed by atoms with Crippen LogP contribution in [-0.4, -0.2) is 45.5 Å². The second-order valence-electron chi connectivity index (χ2n) is 8.66. The van der Waals surface area contributed by atoms with Crippen LogP contribution < -0.4 is 0 Å². The smallest absolute Gasteiger partial charge is 0.298 e. The average Bonchev–Trinajstić information content (AvgIpc) is 3.26. The Morgan fingerprint density at radius 3 is 2.44 bits per heavy atom. The maximum absolute atomic E-state index is 13.3. The van der Waals surface area contributed by atoms with Crippen molar-refractivity contribution in [3.63, 3.8) is 0 Å². The van der Waals surface area contributed by atoms with Gasteiger partial charge in [0.05, 0.1) is 16.1 Å². The zero-order chi connectivity index (χ0) is 26.1. The molecule has 0 amide bonds. The van der Waals surface area contributed by atoms with Gasteiger partial charge in [-0.05, 0) is 68.7 Å². The number of sulfonamides is 1. The number of carbonyl (C=O) groups excluding carboxylic acids is 1. The minimum absolute atomic E-state index is 0.00630. The summed E-state index contributed by atoms with van der Waals surface area (Å²) in [4.78, 5) is 24.8. The summed E-state index contributed by atoms with van der Waals surface area (Å²) >= 11 is 0. The van der Waals surface area contributed by atoms with Crippen molar-refractivity contribution >= 4 is 15.8 Å². The topological polar surface area (TPSA) is 93.1 Å². The molecule has 1 fully saturated rings. The molecule has 4 rings (SSSR count). The van der Waals surface area contributed by atoms with E-state index in [-0.39, 0.29) is 30.1 Å². The molecule has 190 valence electrons. The van der Waals surface area contributed by atoms with Crippen molar-refractivity contribution in [1.29, 1.82) is 0 Å². The van der Waals surface area contributed by atoms with E-state index in [0.29, 0.717) is 29.8 Å². The van der Waals surface area contributed by atoms with Crippen LogP contribution >= 0.6 is 0 Å². The van der Waals surface area contributed by atoms with Crippen LogP contribution in [0.2, 0.25) is 0 Å². The minimum atomic E-state index is -4.55. The van der Waals surface area contributed by atoms with Crippen LogP contribution in [0.15, 0.2) is 59.9 Å². The van der Waals surface area contributed by atoms with Crippen molar-refractivity contribution in [2.45, 2.75) is 49.2 Å². The third-order valence-corrected chi connectivity index (χ3v) is 8.29. The summed E-state index contributed by atoms with van der Waals surface area (Å²) in [6.07, 6.45) is -1.22. The number of aromatic nitrogens is 3. The summed E-state index contributed by atoms with van der Waals surface area (Å²) < 4.78 is 79.1. The Morgan fingerprint density at radius 2 is 1.81 bits per heavy atom. The van der Waals surface area contributed by atoms with E-state index in [1.54, 1.807) is 13.0 Å². The Bertz CT molecular complexity index is 1360. The first-order valence-corrected chi connectivity index (χ1v) is 12.5. The fourth-order valence-electron chi connectivity index (χ4n) is 4.25. The number of pyridine rings is 1. The summed E-state index contributed by atoms with van der Waals surface area (Å²) in [6.45, 7) is 1.75. The maximum Gasteiger partial charge on any atom is 0.433 e. The van der Waals surface area contributed by atoms with Crippen LogP contribution in [0.1, 0.15) is 37.6 Å². The molecule has 12 heteroatoms. The zero-order valence-corrected chi connectivity index (χ0v) is 20.0. The lowest BCUT2D eigenvalue weighted by Crippen LogP contribution is -2.50. The van der Waals surface area contributed by atoms with E-state index in [1.165, 1.54) is 28.8 Å². The van der Waals surface area contributed by atoms with Gasteiger partial charge in [-0.2, -0.15) is 17.5 Å². The minimum Gasteiger partial charge on any atom is -0.298 e. The van der Waals surface area contributed by atoms with Gasteiger partial charge in [-0.15, -0.1) is 0 Å². The highest BCUT2D eigenvalue weighted by Crippen LogP contribution is 2.36. The number of aryl methyl sites for hydroxylation is 1. The van der Waals surface area contributed by atoms with E-state index >= 15 is 0 Å². The molecule has 0 N–H and O–H groups in total. The lowest BCUT2D eigenvalue weighted by atomic mass is 9.91. The Morgan fingerprint density at radius 1 is 1.08 bits per heavy atom. The summed E-state index contributed by atoms with van der Waals surface area (Å²) in [6, 6.07) is 8.13. The number of alkyl halides is 3. The number of hydrogen-bond acceptors (Lipinski definition) is 6. The fourth-order valence-corrected chi connectivity index (χ4v) is 6.08. The summed E-state index contributed by atoms with van der Waals surface area (Å²) in [7, 11) is -4.01. The molecular weight excluding hydrogens is 500 g/mol. The van der Waals surface area contributed by atoms with Gasteiger partial charge in [-0.3, -0.25) is 9.78 Å². The summed E-state index contributed by atoms with van der Waals surface area (Å²) in [5.74, 6) is -0.854. The van der Waals surface area contributed by atoms with Gasteiger partial charge in [0.25, 0.3) is 0 Å². The Labute approximate surface area is 205 Å². The largest absolute Gasteiger partial charge is 0.433 e. The van der Waals surface area contributed by atoms with Gasteiger partial charge < -0.3 is 0 Å². The number of Topliss-reactive ketones (excluding diaryl/α,β-unsaturated/α-hetero) is 1. The Balaban J connectivity index is 1.48. The van der Waals surface area contributed by atoms with Crippen LogP contribution in [0.3, 0.4) is 0 Å². The predicted octanol–water partition coefficient (Wildman–Crippen LogP) is 4.44. The third-order valence-electron chi connectivity index (χ3n) is 6.26. The quantitative estimate of drug-likeness (QED) is 0.426. The van der Waals surface area contributed by atoms with E-state index in [2.05, 4.69) is 15.0 Å². The van der Waals surface area contributed by atoms with Crippen molar-refractivity contribution in [3.05, 3.63) is 72.2 Å². The van der Waals surface area contributed by atoms with E-state index in [0.717, 1.165) is 24.4 Å². The van der Waals surface area contributed by atoms with Crippen LogP contribution in [0.4, 0.5) is 17.6 Å². The molecule has 3 heterocycles. The fraction of sp³-hybridized carbons (Fsp3) is 0.333. The van der Waals surface area contributed by atoms with Gasteiger partial charge in [0, 0.05) is 30.4 Å². The highest BCUT2D eigenvalue weighted by Gasteiger charge is 2.48. The zero-order valence-electron chi connectivity index (χ0n) is 19.2. The van der Waals surface area contributed by atoms with Crippen LogP contribution in [0.25, 0.3) is 11.3 Å². The van der Waals surface area contributed by atoms with Crippen molar-refractivity contribution in [2.24, 2.45) is 0 Å². The average molecular weight is 523 g/mol. The van der Waals surface area contributed by atoms with Gasteiger partial charge in [-0.25, -0.2) is 22.8 Å². The van der Waals surface area contributed by atoms with Gasteiger partial charge in [0.15, 0.2) is 5.78 Å². The standard InChI is InChI=1S/C24H22F4N4O3S/c1-23(11-2-12-32(23)36(34,35)19-7-4-17(25)5-8-19)22(33)10-6-18-13-20(31-15-30-18)16-3-9-21(29-14-16)24(26,27)28/h3-5,7-9,13-15H,2,6,10-12H2,1H3/t23-/m0/s1. The molecular formula is C24H22F4N4O3S. The summed E-state index contributed by atoms with van der Waals surface area (Å²) in [5, 5.41) is 0. The molecule has 7 nitrogen and oxygen atoms in total. The predicted molar refractivity (Wildman–Crippen MR) is 122 cm³/mol. The normalized spacial score (nSPS) is 18.9. The number of halogens is 4. The lowest BCUT2D eigenvalue weighted by molar-refractivity contribution is -0.141. The molecule has 36 heavy (non-hydrogen) atoms. The van der Waals surface area contributed by atoms with Gasteiger partial charge in [0.1, 0.15) is 17.8 Å². The van der Waals surface area contributed by atoms with Crippen LogP contribution in [-0.2, 0) is 27.4 Å². The van der Waals surface area contributed by atoms with Gasteiger partial charge >= 0.3 is 6.18 Å². The highest BCUT2D eigenvalue weighted by molar-refractivity contribution is 7.89. The second kappa shape index (κ2) is 9.66. The van der Waals surface area contributed by atoms with Gasteiger partial charge in [0.2, 0.25) is 10.0 Å². The summed E-state index contributed by atoms with van der Waals surface area (Å²) in [5.41, 5.74) is -1.10. The third kappa shape index (κ3) is 5.14. The highest BCUT2D eigenvalue weighted by atomic mass is 32.2. The van der Waals surface area contributed by atoms with Crippen LogP contribution in [0, 0.1) is 5.82 Å². The molecule has 0 radical (unpaired) electrons. The molecule has 1 aliphatic rings. The molecule has 2 aromatic heterocycles. The van der Waals surface area contributed by atoms with E-state index < -0.39 is 33.2 Å². The molecule has 1 aliphatic heterocycles. The molecule has 0 spiro atoms.